The molecule has 0 rings (SSSR count). The lowest BCUT2D eigenvalue weighted by Crippen LogP contribution is -2.26. The summed E-state index contributed by atoms with van der Waals surface area (Å²) in [5.41, 5.74) is 6.53. The molecule has 0 fully saturated rings. The maximum Gasteiger partial charge on any atom is 0.418 e. The average molecular weight is 223 g/mol. The smallest absolute Gasteiger partial charge is 0.402 e. The highest BCUT2D eigenvalue weighted by Crippen LogP contribution is 2.29. The Labute approximate surface area is 87.0 Å². The second-order valence-electron chi connectivity index (χ2n) is 3.49. The Morgan fingerprint density at radius 3 is 2.00 bits per heavy atom. The van der Waals surface area contributed by atoms with Crippen molar-refractivity contribution in [2.45, 2.75) is 26.9 Å². The van der Waals surface area contributed by atoms with Gasteiger partial charge in [0.2, 0.25) is 0 Å². The normalized spacial score (nSPS) is 15.3. The fraction of sp³-hybridized carbons (Fsp3) is 0.556. The van der Waals surface area contributed by atoms with Crippen LogP contribution in [0.15, 0.2) is 23.0 Å². The molecule has 0 aromatic heterocycles. The van der Waals surface area contributed by atoms with Crippen LogP contribution in [0.1, 0.15) is 20.8 Å². The Morgan fingerprint density at radius 2 is 1.80 bits per heavy atom. The molecule has 88 valence electrons. The second-order valence-corrected chi connectivity index (χ2v) is 3.49. The third-order valence-electron chi connectivity index (χ3n) is 1.82. The number of hydrogen-bond acceptors (Lipinski definition) is 3. The molecule has 6 heteroatoms. The van der Waals surface area contributed by atoms with Gasteiger partial charge in [0.15, 0.2) is 0 Å². The summed E-state index contributed by atoms with van der Waals surface area (Å²) in [6.45, 7) is 4.66. The number of nitrogens with two attached hydrogens (primary N) is 2. The number of rotatable bonds is 3. The molecule has 0 aliphatic heterocycles. The van der Waals surface area contributed by atoms with Gasteiger partial charge in [-0.15, -0.1) is 0 Å². The molecule has 15 heavy (non-hydrogen) atoms. The van der Waals surface area contributed by atoms with E-state index in [0.717, 1.165) is 6.08 Å². The molecule has 0 atom stereocenters. The van der Waals surface area contributed by atoms with Crippen LogP contribution in [0.5, 0.6) is 0 Å². The largest absolute Gasteiger partial charge is 0.418 e. The predicted molar refractivity (Wildman–Crippen MR) is 53.2 cm³/mol. The summed E-state index contributed by atoms with van der Waals surface area (Å²) in [5, 5.41) is 0. The number of allylic oxidation sites excluding steroid dienone is 4. The van der Waals surface area contributed by atoms with Gasteiger partial charge in [0.05, 0.1) is 5.57 Å². The van der Waals surface area contributed by atoms with Crippen molar-refractivity contribution in [1.29, 1.82) is 0 Å². The van der Waals surface area contributed by atoms with Crippen LogP contribution in [0.25, 0.3) is 0 Å². The Morgan fingerprint density at radius 1 is 1.33 bits per heavy atom. The van der Waals surface area contributed by atoms with Gasteiger partial charge in [0.25, 0.3) is 0 Å². The lowest BCUT2D eigenvalue weighted by Gasteiger charge is -2.14. The van der Waals surface area contributed by atoms with E-state index < -0.39 is 11.7 Å². The van der Waals surface area contributed by atoms with Gasteiger partial charge in [-0.25, -0.2) is 0 Å². The van der Waals surface area contributed by atoms with Crippen LogP contribution in [-0.2, 0) is 0 Å². The number of nitrogens with one attached hydrogen (secondary N) is 1. The zero-order valence-corrected chi connectivity index (χ0v) is 8.94. The van der Waals surface area contributed by atoms with E-state index in [1.807, 2.05) is 0 Å². The zero-order chi connectivity index (χ0) is 12.2. The SMILES string of the molecule is C/C(N)=C(\C=C(\NN)C(C)C)C(F)(F)F. The van der Waals surface area contributed by atoms with Crippen molar-refractivity contribution in [2.75, 3.05) is 0 Å². The molecule has 0 aromatic rings. The Hall–Kier alpha value is -1.17. The molecule has 0 radical (unpaired) electrons. The maximum absolute atomic E-state index is 12.5. The molecule has 0 aliphatic carbocycles. The monoisotopic (exact) mass is 223 g/mol. The van der Waals surface area contributed by atoms with E-state index >= 15 is 0 Å². The lowest BCUT2D eigenvalue weighted by molar-refractivity contribution is -0.0891. The van der Waals surface area contributed by atoms with Gasteiger partial charge in [-0.1, -0.05) is 13.8 Å². The molecular weight excluding hydrogens is 207 g/mol. The van der Waals surface area contributed by atoms with Crippen molar-refractivity contribution in [3.8, 4) is 0 Å². The third kappa shape index (κ3) is 4.24. The first-order valence-corrected chi connectivity index (χ1v) is 4.42. The van der Waals surface area contributed by atoms with Gasteiger partial charge in [-0.3, -0.25) is 5.84 Å². The zero-order valence-electron chi connectivity index (χ0n) is 8.94. The van der Waals surface area contributed by atoms with Gasteiger partial charge < -0.3 is 11.2 Å². The van der Waals surface area contributed by atoms with E-state index in [2.05, 4.69) is 5.43 Å². The van der Waals surface area contributed by atoms with Crippen LogP contribution < -0.4 is 17.0 Å². The molecule has 0 aromatic carbocycles. The maximum atomic E-state index is 12.5. The summed E-state index contributed by atoms with van der Waals surface area (Å²) < 4.78 is 37.4. The van der Waals surface area contributed by atoms with Crippen LogP contribution in [0.3, 0.4) is 0 Å². The van der Waals surface area contributed by atoms with E-state index in [1.165, 1.54) is 6.92 Å². The molecule has 0 heterocycles. The summed E-state index contributed by atoms with van der Waals surface area (Å²) in [6, 6.07) is 0. The van der Waals surface area contributed by atoms with Crippen LogP contribution >= 0.6 is 0 Å². The third-order valence-corrected chi connectivity index (χ3v) is 1.82. The van der Waals surface area contributed by atoms with E-state index in [9.17, 15) is 13.2 Å². The lowest BCUT2D eigenvalue weighted by atomic mass is 10.1. The van der Waals surface area contributed by atoms with Gasteiger partial charge in [-0.2, -0.15) is 13.2 Å². The van der Waals surface area contributed by atoms with Gasteiger partial charge in [-0.05, 0) is 18.9 Å². The Balaban J connectivity index is 5.26. The summed E-state index contributed by atoms with van der Waals surface area (Å²) in [5.74, 6) is 4.98. The van der Waals surface area contributed by atoms with E-state index in [-0.39, 0.29) is 17.3 Å². The first kappa shape index (κ1) is 13.8. The molecule has 0 amide bonds. The van der Waals surface area contributed by atoms with Crippen molar-refractivity contribution in [3.63, 3.8) is 0 Å². The molecule has 3 nitrogen and oxygen atoms in total. The highest BCUT2D eigenvalue weighted by atomic mass is 19.4. The molecule has 0 spiro atoms. The highest BCUT2D eigenvalue weighted by molar-refractivity contribution is 5.30. The van der Waals surface area contributed by atoms with Crippen molar-refractivity contribution in [1.82, 2.24) is 5.43 Å². The van der Waals surface area contributed by atoms with Crippen LogP contribution in [0.2, 0.25) is 0 Å². The summed E-state index contributed by atoms with van der Waals surface area (Å²) in [6.07, 6.45) is -3.53. The first-order chi connectivity index (χ1) is 6.70. The van der Waals surface area contributed by atoms with Crippen molar-refractivity contribution in [3.05, 3.63) is 23.0 Å². The number of hydrogen-bond donors (Lipinski definition) is 3. The highest BCUT2D eigenvalue weighted by Gasteiger charge is 2.33. The van der Waals surface area contributed by atoms with E-state index in [4.69, 9.17) is 11.6 Å². The average Bonchev–Trinajstić information content (AvgIpc) is 2.01. The molecule has 5 N–H and O–H groups in total. The van der Waals surface area contributed by atoms with Gasteiger partial charge in [0.1, 0.15) is 0 Å². The fourth-order valence-corrected chi connectivity index (χ4v) is 0.950. The number of hydrazine groups is 1. The van der Waals surface area contributed by atoms with Crippen molar-refractivity contribution >= 4 is 0 Å². The molecule has 0 saturated heterocycles. The second kappa shape index (κ2) is 5.06. The standard InChI is InChI=1S/C9H16F3N3/c1-5(2)8(15-14)4-7(6(3)13)9(10,11)12/h4-5,15H,13-14H2,1-3H3/b7-6-,8-4+. The van der Waals surface area contributed by atoms with Crippen molar-refractivity contribution < 1.29 is 13.2 Å². The van der Waals surface area contributed by atoms with Crippen LogP contribution in [0, 0.1) is 5.92 Å². The number of alkyl halides is 3. The fourth-order valence-electron chi connectivity index (χ4n) is 0.950. The van der Waals surface area contributed by atoms with Crippen LogP contribution in [0.4, 0.5) is 13.2 Å². The van der Waals surface area contributed by atoms with Gasteiger partial charge >= 0.3 is 6.18 Å². The quantitative estimate of drug-likeness (QED) is 0.388. The molecular formula is C9H16F3N3. The van der Waals surface area contributed by atoms with Gasteiger partial charge in [0, 0.05) is 11.4 Å². The first-order valence-electron chi connectivity index (χ1n) is 4.42. The predicted octanol–water partition coefficient (Wildman–Crippen LogP) is 1.78. The van der Waals surface area contributed by atoms with E-state index in [0.29, 0.717) is 0 Å². The minimum atomic E-state index is -4.46. The topological polar surface area (TPSA) is 64.1 Å². The number of halogens is 3. The molecule has 0 bridgehead atoms. The van der Waals surface area contributed by atoms with Crippen molar-refractivity contribution in [2.24, 2.45) is 17.5 Å². The molecule has 0 aliphatic rings. The molecule has 0 saturated carbocycles. The Kier molecular flexibility index (Phi) is 4.67. The van der Waals surface area contributed by atoms with Crippen LogP contribution in [-0.4, -0.2) is 6.18 Å². The Bertz CT molecular complexity index is 273. The minimum absolute atomic E-state index is 0.133. The minimum Gasteiger partial charge on any atom is -0.402 e. The summed E-state index contributed by atoms with van der Waals surface area (Å²) in [7, 11) is 0. The van der Waals surface area contributed by atoms with E-state index in [1.54, 1.807) is 13.8 Å². The summed E-state index contributed by atoms with van der Waals surface area (Å²) >= 11 is 0. The summed E-state index contributed by atoms with van der Waals surface area (Å²) in [4.78, 5) is 0. The molecule has 0 unspecified atom stereocenters.